The number of carbonyl (C=O) groups is 1. The van der Waals surface area contributed by atoms with Gasteiger partial charge in [0.05, 0.1) is 10.5 Å². The van der Waals surface area contributed by atoms with E-state index < -0.39 is 20.6 Å². The van der Waals surface area contributed by atoms with Gasteiger partial charge in [0.15, 0.2) is 15.0 Å². The fraction of sp³-hybridized carbons (Fsp3) is 0.600. The smallest absolute Gasteiger partial charge is 0.313 e. The van der Waals surface area contributed by atoms with E-state index in [4.69, 9.17) is 5.11 Å². The second-order valence-electron chi connectivity index (χ2n) is 4.55. The van der Waals surface area contributed by atoms with Crippen molar-refractivity contribution in [2.45, 2.75) is 30.3 Å². The molecule has 6 nitrogen and oxygen atoms in total. The van der Waals surface area contributed by atoms with Crippen molar-refractivity contribution in [1.29, 1.82) is 0 Å². The lowest BCUT2D eigenvalue weighted by molar-refractivity contribution is -0.133. The van der Waals surface area contributed by atoms with Crippen LogP contribution < -0.4 is 0 Å². The Kier molecular flexibility index (Phi) is 4.44. The molecule has 0 bridgehead atoms. The normalized spacial score (nSPS) is 12.6. The minimum Gasteiger partial charge on any atom is -0.481 e. The average molecular weight is 292 g/mol. The van der Waals surface area contributed by atoms with Gasteiger partial charge in [0.25, 0.3) is 0 Å². The number of imidazole rings is 1. The maximum atomic E-state index is 11.6. The lowest BCUT2D eigenvalue weighted by Crippen LogP contribution is -2.35. The highest BCUT2D eigenvalue weighted by atomic mass is 32.2. The molecule has 0 aliphatic rings. The van der Waals surface area contributed by atoms with E-state index >= 15 is 0 Å². The number of nitrogens with zero attached hydrogens (tertiary/aromatic N) is 2. The molecule has 8 heteroatoms. The van der Waals surface area contributed by atoms with E-state index in [1.807, 2.05) is 0 Å². The van der Waals surface area contributed by atoms with E-state index in [0.717, 1.165) is 11.8 Å². The summed E-state index contributed by atoms with van der Waals surface area (Å²) in [6, 6.07) is 0. The number of aliphatic carboxylic acids is 1. The number of carboxylic acids is 1. The molecule has 1 heterocycles. The van der Waals surface area contributed by atoms with Crippen molar-refractivity contribution in [1.82, 2.24) is 9.55 Å². The van der Waals surface area contributed by atoms with E-state index in [1.165, 1.54) is 12.5 Å². The van der Waals surface area contributed by atoms with Crippen molar-refractivity contribution in [2.75, 3.05) is 12.0 Å². The Labute approximate surface area is 110 Å². The van der Waals surface area contributed by atoms with E-state index in [-0.39, 0.29) is 12.3 Å². The lowest BCUT2D eigenvalue weighted by Gasteiger charge is -2.23. The predicted molar refractivity (Wildman–Crippen MR) is 69.5 cm³/mol. The van der Waals surface area contributed by atoms with Crippen molar-refractivity contribution in [2.24, 2.45) is 0 Å². The highest BCUT2D eigenvalue weighted by Crippen LogP contribution is 2.22. The van der Waals surface area contributed by atoms with Crippen molar-refractivity contribution in [3.63, 3.8) is 0 Å². The number of carboxylic acid groups (broad SMARTS) is 1. The summed E-state index contributed by atoms with van der Waals surface area (Å²) in [4.78, 5) is 14.5. The number of thioether (sulfide) groups is 1. The summed E-state index contributed by atoms with van der Waals surface area (Å²) >= 11 is 1.07. The number of hydrogen-bond acceptors (Lipinski definition) is 5. The third-order valence-corrected chi connectivity index (χ3v) is 5.68. The molecule has 1 rings (SSSR count). The molecule has 18 heavy (non-hydrogen) atoms. The predicted octanol–water partition coefficient (Wildman–Crippen LogP) is 0.883. The van der Waals surface area contributed by atoms with E-state index in [1.54, 1.807) is 24.6 Å². The maximum absolute atomic E-state index is 11.6. The molecule has 0 aliphatic carbocycles. The molecule has 0 atom stereocenters. The van der Waals surface area contributed by atoms with Crippen LogP contribution >= 0.6 is 11.8 Å². The van der Waals surface area contributed by atoms with Gasteiger partial charge in [-0.2, -0.15) is 0 Å². The van der Waals surface area contributed by atoms with Gasteiger partial charge in [-0.1, -0.05) is 11.8 Å². The summed E-state index contributed by atoms with van der Waals surface area (Å²) in [6.45, 7) is 3.51. The van der Waals surface area contributed by atoms with E-state index in [0.29, 0.717) is 5.16 Å². The lowest BCUT2D eigenvalue weighted by atomic mass is 10.2. The Morgan fingerprint density at radius 2 is 2.17 bits per heavy atom. The topological polar surface area (TPSA) is 89.3 Å². The molecular weight excluding hydrogens is 276 g/mol. The second kappa shape index (κ2) is 5.31. The van der Waals surface area contributed by atoms with Gasteiger partial charge < -0.3 is 9.67 Å². The molecule has 102 valence electrons. The first-order valence-electron chi connectivity index (χ1n) is 5.19. The molecule has 1 aromatic heterocycles. The van der Waals surface area contributed by atoms with Gasteiger partial charge in [-0.3, -0.25) is 4.79 Å². The Bertz CT molecular complexity index is 534. The van der Waals surface area contributed by atoms with Crippen LogP contribution in [-0.2, 0) is 21.2 Å². The molecule has 0 saturated carbocycles. The van der Waals surface area contributed by atoms with Crippen LogP contribution in [0.3, 0.4) is 0 Å². The van der Waals surface area contributed by atoms with Crippen LogP contribution in [0.5, 0.6) is 0 Å². The first-order chi connectivity index (χ1) is 8.13. The summed E-state index contributed by atoms with van der Waals surface area (Å²) in [7, 11) is -3.20. The van der Waals surface area contributed by atoms with E-state index in [9.17, 15) is 13.2 Å². The van der Waals surface area contributed by atoms with Crippen LogP contribution in [0, 0.1) is 0 Å². The van der Waals surface area contributed by atoms with E-state index in [2.05, 4.69) is 4.98 Å². The molecule has 0 saturated heterocycles. The van der Waals surface area contributed by atoms with Crippen LogP contribution in [-0.4, -0.2) is 45.8 Å². The summed E-state index contributed by atoms with van der Waals surface area (Å²) < 4.78 is 24.0. The third-order valence-electron chi connectivity index (χ3n) is 2.56. The fourth-order valence-corrected chi connectivity index (χ4v) is 2.26. The second-order valence-corrected chi connectivity index (χ2v) is 8.14. The Morgan fingerprint density at radius 3 is 2.67 bits per heavy atom. The standard InChI is InChI=1S/C10H16N2O4S2/c1-10(2,18(3,15)16)7-12-5-4-11-9(12)17-6-8(13)14/h4-5H,6-7H2,1-3H3,(H,13,14). The first kappa shape index (κ1) is 15.0. The molecular formula is C10H16N2O4S2. The van der Waals surface area contributed by atoms with Crippen LogP contribution in [0.4, 0.5) is 0 Å². The summed E-state index contributed by atoms with van der Waals surface area (Å²) in [5, 5.41) is 9.12. The van der Waals surface area contributed by atoms with Crippen molar-refractivity contribution < 1.29 is 18.3 Å². The van der Waals surface area contributed by atoms with Crippen LogP contribution in [0.1, 0.15) is 13.8 Å². The third kappa shape index (κ3) is 3.74. The highest BCUT2D eigenvalue weighted by Gasteiger charge is 2.31. The van der Waals surface area contributed by atoms with Crippen LogP contribution in [0.15, 0.2) is 17.6 Å². The molecule has 0 amide bonds. The average Bonchev–Trinajstić information content (AvgIpc) is 2.59. The largest absolute Gasteiger partial charge is 0.481 e. The number of hydrogen-bond donors (Lipinski definition) is 1. The molecule has 0 aromatic carbocycles. The van der Waals surface area contributed by atoms with Crippen molar-refractivity contribution in [3.05, 3.63) is 12.4 Å². The van der Waals surface area contributed by atoms with Gasteiger partial charge in [-0.25, -0.2) is 13.4 Å². The maximum Gasteiger partial charge on any atom is 0.313 e. The summed E-state index contributed by atoms with van der Waals surface area (Å²) in [5.41, 5.74) is 0. The minimum absolute atomic E-state index is 0.101. The van der Waals surface area contributed by atoms with Gasteiger partial charge in [-0.05, 0) is 13.8 Å². The number of aromatic nitrogens is 2. The molecule has 1 N–H and O–H groups in total. The summed E-state index contributed by atoms with van der Waals surface area (Å²) in [5.74, 6) is -1.03. The molecule has 0 radical (unpaired) electrons. The van der Waals surface area contributed by atoms with Crippen molar-refractivity contribution >= 4 is 27.6 Å². The molecule has 0 spiro atoms. The first-order valence-corrected chi connectivity index (χ1v) is 8.06. The zero-order chi connectivity index (χ0) is 14.0. The monoisotopic (exact) mass is 292 g/mol. The zero-order valence-corrected chi connectivity index (χ0v) is 12.1. The number of rotatable bonds is 6. The van der Waals surface area contributed by atoms with Gasteiger partial charge in [0, 0.05) is 25.2 Å². The molecule has 0 fully saturated rings. The number of sulfone groups is 1. The van der Waals surface area contributed by atoms with Gasteiger partial charge in [0.2, 0.25) is 0 Å². The SMILES string of the molecule is CC(C)(Cn1ccnc1SCC(=O)O)S(C)(=O)=O. The zero-order valence-electron chi connectivity index (χ0n) is 10.5. The molecule has 1 aromatic rings. The van der Waals surface area contributed by atoms with Gasteiger partial charge in [-0.15, -0.1) is 0 Å². The Hall–Kier alpha value is -1.02. The minimum atomic E-state index is -3.20. The molecule has 0 aliphatic heterocycles. The van der Waals surface area contributed by atoms with Crippen molar-refractivity contribution in [3.8, 4) is 0 Å². The molecule has 0 unspecified atom stereocenters. The highest BCUT2D eigenvalue weighted by molar-refractivity contribution is 7.99. The van der Waals surface area contributed by atoms with Crippen LogP contribution in [0.2, 0.25) is 0 Å². The van der Waals surface area contributed by atoms with Crippen LogP contribution in [0.25, 0.3) is 0 Å². The Morgan fingerprint density at radius 1 is 1.56 bits per heavy atom. The van der Waals surface area contributed by atoms with Gasteiger partial charge in [0.1, 0.15) is 0 Å². The quantitative estimate of drug-likeness (QED) is 0.783. The fourth-order valence-electron chi connectivity index (χ4n) is 1.21. The van der Waals surface area contributed by atoms with Gasteiger partial charge >= 0.3 is 5.97 Å². The summed E-state index contributed by atoms with van der Waals surface area (Å²) in [6.07, 6.45) is 4.37. The Balaban J connectivity index is 2.86.